The molecule has 2 saturated heterocycles. The minimum absolute atomic E-state index is 0. The second kappa shape index (κ2) is 8.66. The van der Waals surface area contributed by atoms with Crippen LogP contribution in [-0.2, 0) is 11.3 Å². The fourth-order valence-corrected chi connectivity index (χ4v) is 3.84. The molecule has 1 aromatic carbocycles. The number of rotatable bonds is 2. The normalized spacial score (nSPS) is 23.4. The van der Waals surface area contributed by atoms with E-state index in [-0.39, 0.29) is 41.1 Å². The molecule has 1 spiro atoms. The Morgan fingerprint density at radius 3 is 2.96 bits per heavy atom. The summed E-state index contributed by atoms with van der Waals surface area (Å²) in [5.74, 6) is 0.679. The predicted molar refractivity (Wildman–Crippen MR) is 111 cm³/mol. The zero-order chi connectivity index (χ0) is 17.2. The molecule has 0 aliphatic carbocycles. The van der Waals surface area contributed by atoms with Gasteiger partial charge in [0.15, 0.2) is 5.96 Å². The highest BCUT2D eigenvalue weighted by Crippen LogP contribution is 2.36. The van der Waals surface area contributed by atoms with Crippen molar-refractivity contribution in [2.45, 2.75) is 25.8 Å². The molecular formula is C17H23BrFIN4O. The number of piperidine rings is 1. The molecule has 1 unspecified atom stereocenters. The molecule has 2 aliphatic rings. The third kappa shape index (κ3) is 4.84. The van der Waals surface area contributed by atoms with Crippen LogP contribution in [0, 0.1) is 11.2 Å². The molecule has 0 bridgehead atoms. The van der Waals surface area contributed by atoms with Gasteiger partial charge in [0.05, 0.1) is 4.47 Å². The number of carbonyl (C=O) groups excluding carboxylic acids is 1. The fourth-order valence-electron chi connectivity index (χ4n) is 3.59. The first-order valence-electron chi connectivity index (χ1n) is 8.18. The lowest BCUT2D eigenvalue weighted by molar-refractivity contribution is -0.119. The summed E-state index contributed by atoms with van der Waals surface area (Å²) >= 11 is 3.16. The Morgan fingerprint density at radius 2 is 2.32 bits per heavy atom. The van der Waals surface area contributed by atoms with Crippen molar-refractivity contribution in [2.24, 2.45) is 10.4 Å². The standard InChI is InChI=1S/C17H22BrFN4O.HI/c1-20-16(21-9-12-3-4-13(18)14(19)7-12)23-6-2-5-17(11-23)8-15(24)22-10-17;/h3-4,7H,2,5-6,8-11H2,1H3,(H,20,21)(H,22,24);1H. The summed E-state index contributed by atoms with van der Waals surface area (Å²) in [5.41, 5.74) is 0.887. The molecule has 1 atom stereocenters. The smallest absolute Gasteiger partial charge is 0.220 e. The summed E-state index contributed by atoms with van der Waals surface area (Å²) < 4.78 is 14.1. The zero-order valence-corrected chi connectivity index (χ0v) is 18.1. The summed E-state index contributed by atoms with van der Waals surface area (Å²) in [5, 5.41) is 6.26. The van der Waals surface area contributed by atoms with Gasteiger partial charge in [-0.3, -0.25) is 9.79 Å². The molecule has 138 valence electrons. The molecule has 3 rings (SSSR count). The zero-order valence-electron chi connectivity index (χ0n) is 14.1. The van der Waals surface area contributed by atoms with Crippen molar-refractivity contribution in [3.63, 3.8) is 0 Å². The van der Waals surface area contributed by atoms with E-state index in [1.165, 1.54) is 6.07 Å². The number of hydrogen-bond acceptors (Lipinski definition) is 2. The highest BCUT2D eigenvalue weighted by molar-refractivity contribution is 14.0. The average molecular weight is 525 g/mol. The molecule has 0 radical (unpaired) electrons. The SMILES string of the molecule is CN=C(NCc1ccc(Br)c(F)c1)N1CCCC2(CNC(=O)C2)C1.I. The molecule has 0 aromatic heterocycles. The predicted octanol–water partition coefficient (Wildman–Crippen LogP) is 2.88. The van der Waals surface area contributed by atoms with Crippen LogP contribution in [0.5, 0.6) is 0 Å². The van der Waals surface area contributed by atoms with Gasteiger partial charge in [0.25, 0.3) is 0 Å². The van der Waals surface area contributed by atoms with Crippen LogP contribution in [-0.4, -0.2) is 43.4 Å². The van der Waals surface area contributed by atoms with Gasteiger partial charge >= 0.3 is 0 Å². The van der Waals surface area contributed by atoms with E-state index in [2.05, 4.69) is 36.5 Å². The van der Waals surface area contributed by atoms with Gasteiger partial charge in [-0.2, -0.15) is 0 Å². The highest BCUT2D eigenvalue weighted by atomic mass is 127. The van der Waals surface area contributed by atoms with Crippen molar-refractivity contribution in [3.8, 4) is 0 Å². The molecule has 25 heavy (non-hydrogen) atoms. The minimum Gasteiger partial charge on any atom is -0.355 e. The van der Waals surface area contributed by atoms with Crippen molar-refractivity contribution in [3.05, 3.63) is 34.1 Å². The van der Waals surface area contributed by atoms with Crippen LogP contribution in [0.2, 0.25) is 0 Å². The molecule has 2 N–H and O–H groups in total. The van der Waals surface area contributed by atoms with Gasteiger partial charge in [-0.15, -0.1) is 24.0 Å². The topological polar surface area (TPSA) is 56.7 Å². The highest BCUT2D eigenvalue weighted by Gasteiger charge is 2.42. The van der Waals surface area contributed by atoms with E-state index in [0.29, 0.717) is 17.4 Å². The Morgan fingerprint density at radius 1 is 1.52 bits per heavy atom. The van der Waals surface area contributed by atoms with E-state index in [9.17, 15) is 9.18 Å². The Balaban J connectivity index is 0.00000225. The van der Waals surface area contributed by atoms with Gasteiger partial charge in [-0.1, -0.05) is 6.07 Å². The lowest BCUT2D eigenvalue weighted by atomic mass is 9.79. The Hall–Kier alpha value is -0.900. The van der Waals surface area contributed by atoms with Gasteiger partial charge < -0.3 is 15.5 Å². The number of halogens is 3. The summed E-state index contributed by atoms with van der Waals surface area (Å²) in [6.07, 6.45) is 2.71. The maximum Gasteiger partial charge on any atom is 0.220 e. The fraction of sp³-hybridized carbons (Fsp3) is 0.529. The number of carbonyl (C=O) groups is 1. The first-order valence-corrected chi connectivity index (χ1v) is 8.97. The molecule has 2 aliphatic heterocycles. The maximum absolute atomic E-state index is 13.6. The second-order valence-electron chi connectivity index (χ2n) is 6.63. The van der Waals surface area contributed by atoms with Gasteiger partial charge in [-0.05, 0) is 46.5 Å². The number of likely N-dealkylation sites (tertiary alicyclic amines) is 1. The average Bonchev–Trinajstić information content (AvgIpc) is 2.91. The molecule has 1 amide bonds. The molecule has 0 saturated carbocycles. The summed E-state index contributed by atoms with van der Waals surface area (Å²) in [6, 6.07) is 5.10. The number of amides is 1. The van der Waals surface area contributed by atoms with Crippen LogP contribution >= 0.6 is 39.9 Å². The first-order chi connectivity index (χ1) is 11.5. The van der Waals surface area contributed by atoms with Crippen molar-refractivity contribution in [1.29, 1.82) is 0 Å². The van der Waals surface area contributed by atoms with Crippen LogP contribution in [0.1, 0.15) is 24.8 Å². The third-order valence-electron chi connectivity index (χ3n) is 4.80. The number of nitrogens with one attached hydrogen (secondary N) is 2. The molecular weight excluding hydrogens is 502 g/mol. The molecule has 8 heteroatoms. The van der Waals surface area contributed by atoms with Gasteiger partial charge in [0, 0.05) is 45.1 Å². The maximum atomic E-state index is 13.6. The largest absolute Gasteiger partial charge is 0.355 e. The number of aliphatic imine (C=N–C) groups is 1. The number of guanidine groups is 1. The Kier molecular flexibility index (Phi) is 7.07. The van der Waals surface area contributed by atoms with Crippen LogP contribution in [0.4, 0.5) is 4.39 Å². The third-order valence-corrected chi connectivity index (χ3v) is 5.45. The summed E-state index contributed by atoms with van der Waals surface area (Å²) in [7, 11) is 1.75. The van der Waals surface area contributed by atoms with Crippen LogP contribution in [0.3, 0.4) is 0 Å². The van der Waals surface area contributed by atoms with Crippen molar-refractivity contribution in [1.82, 2.24) is 15.5 Å². The first kappa shape index (κ1) is 20.4. The van der Waals surface area contributed by atoms with Crippen molar-refractivity contribution < 1.29 is 9.18 Å². The molecule has 2 heterocycles. The van der Waals surface area contributed by atoms with E-state index in [1.54, 1.807) is 13.1 Å². The van der Waals surface area contributed by atoms with E-state index in [4.69, 9.17) is 0 Å². The molecule has 5 nitrogen and oxygen atoms in total. The molecule has 1 aromatic rings. The van der Waals surface area contributed by atoms with Gasteiger partial charge in [0.2, 0.25) is 5.91 Å². The monoisotopic (exact) mass is 524 g/mol. The van der Waals surface area contributed by atoms with Gasteiger partial charge in [-0.25, -0.2) is 4.39 Å². The van der Waals surface area contributed by atoms with E-state index < -0.39 is 0 Å². The Labute approximate surface area is 173 Å². The van der Waals surface area contributed by atoms with E-state index in [1.807, 2.05) is 6.07 Å². The van der Waals surface area contributed by atoms with E-state index >= 15 is 0 Å². The van der Waals surface area contributed by atoms with Crippen molar-refractivity contribution in [2.75, 3.05) is 26.7 Å². The lowest BCUT2D eigenvalue weighted by Crippen LogP contribution is -2.51. The van der Waals surface area contributed by atoms with Crippen molar-refractivity contribution >= 4 is 51.8 Å². The second-order valence-corrected chi connectivity index (χ2v) is 7.48. The Bertz CT molecular complexity index is 672. The lowest BCUT2D eigenvalue weighted by Gasteiger charge is -2.40. The quantitative estimate of drug-likeness (QED) is 0.355. The van der Waals surface area contributed by atoms with Gasteiger partial charge in [0.1, 0.15) is 5.82 Å². The van der Waals surface area contributed by atoms with Crippen LogP contribution in [0.25, 0.3) is 0 Å². The van der Waals surface area contributed by atoms with Crippen LogP contribution < -0.4 is 10.6 Å². The van der Waals surface area contributed by atoms with Crippen LogP contribution in [0.15, 0.2) is 27.7 Å². The summed E-state index contributed by atoms with van der Waals surface area (Å²) in [6.45, 7) is 3.00. The summed E-state index contributed by atoms with van der Waals surface area (Å²) in [4.78, 5) is 18.2. The number of hydrogen-bond donors (Lipinski definition) is 2. The number of benzene rings is 1. The minimum atomic E-state index is -0.267. The van der Waals surface area contributed by atoms with E-state index in [0.717, 1.165) is 44.0 Å². The number of nitrogens with zero attached hydrogens (tertiary/aromatic N) is 2. The molecule has 2 fully saturated rings.